The molecule has 0 saturated carbocycles. The lowest BCUT2D eigenvalue weighted by molar-refractivity contribution is -0.132. The molecule has 4 aromatic rings. The molecule has 8 nitrogen and oxygen atoms in total. The van der Waals surface area contributed by atoms with Crippen LogP contribution in [0.2, 0.25) is 0 Å². The maximum atomic E-state index is 13.5. The Hall–Kier alpha value is -4.76. The molecule has 214 valence electrons. The summed E-state index contributed by atoms with van der Waals surface area (Å²) in [6.07, 6.45) is 0. The number of esters is 1. The fourth-order valence-corrected chi connectivity index (χ4v) is 5.75. The maximum Gasteiger partial charge on any atom is 0.350 e. The van der Waals surface area contributed by atoms with Gasteiger partial charge in [-0.05, 0) is 68.7 Å². The Morgan fingerprint density at radius 1 is 0.976 bits per heavy atom. The summed E-state index contributed by atoms with van der Waals surface area (Å²) in [5.41, 5.74) is 4.47. The molecule has 1 aliphatic rings. The normalized spacial score (nSPS) is 16.1. The Morgan fingerprint density at radius 2 is 1.67 bits per heavy atom. The van der Waals surface area contributed by atoms with Gasteiger partial charge in [-0.2, -0.15) is 0 Å². The van der Waals surface area contributed by atoms with E-state index < -0.39 is 23.7 Å². The number of thiazole rings is 1. The van der Waals surface area contributed by atoms with E-state index in [4.69, 9.17) is 9.47 Å². The number of nitrogens with zero attached hydrogens (tertiary/aromatic N) is 2. The van der Waals surface area contributed by atoms with Gasteiger partial charge in [-0.25, -0.2) is 9.78 Å². The molecular weight excluding hydrogens is 552 g/mol. The molecule has 1 fully saturated rings. The second kappa shape index (κ2) is 12.0. The number of aliphatic hydroxyl groups is 1. The molecule has 1 aliphatic heterocycles. The molecule has 3 aromatic carbocycles. The van der Waals surface area contributed by atoms with Gasteiger partial charge < -0.3 is 14.6 Å². The SMILES string of the molecule is CCOC(=O)c1sc(N2C(=O)C(=O)C(=C(O)c3ccc(OCc4ccccc4C)cc3)C2c2ccc(C)cc2)nc1C. The summed E-state index contributed by atoms with van der Waals surface area (Å²) in [6.45, 7) is 7.87. The van der Waals surface area contributed by atoms with E-state index in [1.54, 1.807) is 50.2 Å². The fraction of sp³-hybridized carbons (Fsp3) is 0.212. The number of ketones is 1. The maximum absolute atomic E-state index is 13.5. The molecule has 2 heterocycles. The van der Waals surface area contributed by atoms with Crippen molar-refractivity contribution in [1.82, 2.24) is 4.98 Å². The first kappa shape index (κ1) is 28.8. The van der Waals surface area contributed by atoms with Gasteiger partial charge in [0.15, 0.2) is 5.13 Å². The van der Waals surface area contributed by atoms with Gasteiger partial charge >= 0.3 is 11.9 Å². The Kier molecular flexibility index (Phi) is 8.22. The number of carbonyl (C=O) groups excluding carboxylic acids is 3. The second-order valence-electron chi connectivity index (χ2n) is 9.95. The van der Waals surface area contributed by atoms with Crippen molar-refractivity contribution in [3.8, 4) is 5.75 Å². The van der Waals surface area contributed by atoms with E-state index in [-0.39, 0.29) is 27.9 Å². The summed E-state index contributed by atoms with van der Waals surface area (Å²) >= 11 is 0.975. The highest BCUT2D eigenvalue weighted by atomic mass is 32.1. The molecule has 0 spiro atoms. The van der Waals surface area contributed by atoms with Gasteiger partial charge in [-0.3, -0.25) is 14.5 Å². The number of rotatable bonds is 8. The number of aliphatic hydroxyl groups excluding tert-OH is 1. The van der Waals surface area contributed by atoms with E-state index in [1.165, 1.54) is 4.90 Å². The topological polar surface area (TPSA) is 106 Å². The number of Topliss-reactive ketones (excluding diaryl/α,β-unsaturated/α-hetero) is 1. The number of hydrogen-bond donors (Lipinski definition) is 1. The number of aromatic nitrogens is 1. The Morgan fingerprint density at radius 3 is 2.33 bits per heavy atom. The van der Waals surface area contributed by atoms with Crippen LogP contribution in [0.25, 0.3) is 5.76 Å². The molecule has 9 heteroatoms. The predicted octanol–water partition coefficient (Wildman–Crippen LogP) is 6.45. The van der Waals surface area contributed by atoms with Crippen LogP contribution in [-0.4, -0.2) is 34.4 Å². The average molecular weight is 583 g/mol. The van der Waals surface area contributed by atoms with Crippen LogP contribution in [0.5, 0.6) is 5.75 Å². The Balaban J connectivity index is 1.52. The first-order valence-corrected chi connectivity index (χ1v) is 14.3. The minimum absolute atomic E-state index is 0.0667. The molecule has 0 aliphatic carbocycles. The van der Waals surface area contributed by atoms with Crippen LogP contribution in [-0.2, 0) is 20.9 Å². The molecular formula is C33H30N2O6S. The van der Waals surface area contributed by atoms with Crippen LogP contribution in [0.4, 0.5) is 5.13 Å². The van der Waals surface area contributed by atoms with Crippen molar-refractivity contribution in [3.05, 3.63) is 117 Å². The third-order valence-corrected chi connectivity index (χ3v) is 8.21. The van der Waals surface area contributed by atoms with Gasteiger partial charge in [0.2, 0.25) is 0 Å². The predicted molar refractivity (Wildman–Crippen MR) is 161 cm³/mol. The molecule has 1 aromatic heterocycles. The summed E-state index contributed by atoms with van der Waals surface area (Å²) in [5, 5.41) is 11.6. The van der Waals surface area contributed by atoms with Crippen LogP contribution in [0.1, 0.15) is 56.1 Å². The van der Waals surface area contributed by atoms with Crippen molar-refractivity contribution in [1.29, 1.82) is 0 Å². The van der Waals surface area contributed by atoms with Gasteiger partial charge in [0.05, 0.1) is 23.9 Å². The smallest absolute Gasteiger partial charge is 0.350 e. The average Bonchev–Trinajstić information content (AvgIpc) is 3.49. The van der Waals surface area contributed by atoms with Crippen LogP contribution >= 0.6 is 11.3 Å². The van der Waals surface area contributed by atoms with Crippen molar-refractivity contribution in [2.45, 2.75) is 40.3 Å². The number of amides is 1. The van der Waals surface area contributed by atoms with E-state index in [9.17, 15) is 19.5 Å². The molecule has 5 rings (SSSR count). The Bertz CT molecular complexity index is 1690. The van der Waals surface area contributed by atoms with Gasteiger partial charge in [-0.15, -0.1) is 0 Å². The third kappa shape index (κ3) is 5.56. The molecule has 42 heavy (non-hydrogen) atoms. The van der Waals surface area contributed by atoms with Crippen molar-refractivity contribution >= 4 is 39.9 Å². The lowest BCUT2D eigenvalue weighted by Gasteiger charge is -2.23. The summed E-state index contributed by atoms with van der Waals surface area (Å²) < 4.78 is 11.1. The minimum atomic E-state index is -0.955. The zero-order chi connectivity index (χ0) is 30.0. The standard InChI is InChI=1S/C33H30N2O6S/c1-5-40-32(39)30-21(4)34-33(42-30)35-27(22-12-10-19(2)11-13-22)26(29(37)31(35)38)28(36)23-14-16-25(17-15-23)41-18-24-9-7-6-8-20(24)3/h6-17,27,36H,5,18H2,1-4H3. The fourth-order valence-electron chi connectivity index (χ4n) is 4.76. The Labute approximate surface area is 247 Å². The van der Waals surface area contributed by atoms with E-state index in [2.05, 4.69) is 4.98 Å². The monoisotopic (exact) mass is 582 g/mol. The van der Waals surface area contributed by atoms with E-state index in [1.807, 2.05) is 50.2 Å². The molecule has 1 N–H and O–H groups in total. The van der Waals surface area contributed by atoms with Gasteiger partial charge in [0, 0.05) is 5.56 Å². The largest absolute Gasteiger partial charge is 0.507 e. The minimum Gasteiger partial charge on any atom is -0.507 e. The quantitative estimate of drug-likeness (QED) is 0.110. The first-order chi connectivity index (χ1) is 20.2. The van der Waals surface area contributed by atoms with Gasteiger partial charge in [0.25, 0.3) is 5.78 Å². The number of ether oxygens (including phenoxy) is 2. The number of benzene rings is 3. The summed E-state index contributed by atoms with van der Waals surface area (Å²) in [5.74, 6) is -1.96. The van der Waals surface area contributed by atoms with Crippen LogP contribution in [0.3, 0.4) is 0 Å². The van der Waals surface area contributed by atoms with Gasteiger partial charge in [-0.1, -0.05) is 65.4 Å². The zero-order valence-corrected chi connectivity index (χ0v) is 24.5. The molecule has 1 unspecified atom stereocenters. The molecule has 1 saturated heterocycles. The van der Waals surface area contributed by atoms with Gasteiger partial charge in [0.1, 0.15) is 23.0 Å². The third-order valence-electron chi connectivity index (χ3n) is 7.07. The number of hydrogen-bond acceptors (Lipinski definition) is 8. The zero-order valence-electron chi connectivity index (χ0n) is 23.7. The number of carbonyl (C=O) groups is 3. The lowest BCUT2D eigenvalue weighted by atomic mass is 9.95. The second-order valence-corrected chi connectivity index (χ2v) is 10.9. The molecule has 0 bridgehead atoms. The van der Waals surface area contributed by atoms with Crippen molar-refractivity contribution in [3.63, 3.8) is 0 Å². The molecule has 1 amide bonds. The first-order valence-electron chi connectivity index (χ1n) is 13.5. The van der Waals surface area contributed by atoms with E-state index in [0.717, 1.165) is 28.0 Å². The number of aryl methyl sites for hydroxylation is 3. The van der Waals surface area contributed by atoms with E-state index >= 15 is 0 Å². The summed E-state index contributed by atoms with van der Waals surface area (Å²) in [7, 11) is 0. The van der Waals surface area contributed by atoms with Crippen LogP contribution in [0, 0.1) is 20.8 Å². The molecule has 0 radical (unpaired) electrons. The highest BCUT2D eigenvalue weighted by Crippen LogP contribution is 2.44. The van der Waals surface area contributed by atoms with E-state index in [0.29, 0.717) is 29.2 Å². The van der Waals surface area contributed by atoms with Crippen molar-refractivity contribution in [2.24, 2.45) is 0 Å². The lowest BCUT2D eigenvalue weighted by Crippen LogP contribution is -2.29. The summed E-state index contributed by atoms with van der Waals surface area (Å²) in [4.78, 5) is 45.4. The highest BCUT2D eigenvalue weighted by molar-refractivity contribution is 7.17. The van der Waals surface area contributed by atoms with Crippen LogP contribution in [0.15, 0.2) is 78.4 Å². The van der Waals surface area contributed by atoms with Crippen molar-refractivity contribution in [2.75, 3.05) is 11.5 Å². The van der Waals surface area contributed by atoms with Crippen LogP contribution < -0.4 is 9.64 Å². The number of anilines is 1. The highest BCUT2D eigenvalue weighted by Gasteiger charge is 2.48. The van der Waals surface area contributed by atoms with Crippen molar-refractivity contribution < 1.29 is 29.0 Å². The summed E-state index contributed by atoms with van der Waals surface area (Å²) in [6, 6.07) is 21.1. The molecule has 1 atom stereocenters.